The van der Waals surface area contributed by atoms with Gasteiger partial charge in [-0.25, -0.2) is 0 Å². The van der Waals surface area contributed by atoms with Crippen LogP contribution in [-0.2, 0) is 14.9 Å². The molecule has 1 saturated heterocycles. The van der Waals surface area contributed by atoms with Crippen LogP contribution < -0.4 is 10.1 Å². The van der Waals surface area contributed by atoms with E-state index in [0.717, 1.165) is 16.9 Å². The molecule has 0 bridgehead atoms. The maximum absolute atomic E-state index is 13.0. The highest BCUT2D eigenvalue weighted by Gasteiger charge is 2.41. The van der Waals surface area contributed by atoms with Crippen LogP contribution in [0.5, 0.6) is 5.75 Å². The van der Waals surface area contributed by atoms with E-state index in [1.165, 1.54) is 12.5 Å². The molecule has 0 spiro atoms. The minimum absolute atomic E-state index is 0.0228. The Balaban J connectivity index is 1.67. The summed E-state index contributed by atoms with van der Waals surface area (Å²) in [5, 5.41) is 13.1. The van der Waals surface area contributed by atoms with Gasteiger partial charge in [0.1, 0.15) is 5.75 Å². The van der Waals surface area contributed by atoms with Crippen molar-refractivity contribution in [3.05, 3.63) is 54.0 Å². The number of hydrogen-bond donors (Lipinski definition) is 2. The van der Waals surface area contributed by atoms with Gasteiger partial charge in [0.2, 0.25) is 5.91 Å². The lowest BCUT2D eigenvalue weighted by Crippen LogP contribution is -2.48. The second-order valence-corrected chi connectivity index (χ2v) is 6.54. The maximum atomic E-state index is 13.0. The monoisotopic (exact) mass is 359 g/mol. The predicted molar refractivity (Wildman–Crippen MR) is 96.0 cm³/mol. The van der Waals surface area contributed by atoms with Crippen LogP contribution in [0.3, 0.4) is 0 Å². The molecule has 3 rings (SSSR count). The summed E-state index contributed by atoms with van der Waals surface area (Å²) >= 11 is 0. The van der Waals surface area contributed by atoms with Crippen molar-refractivity contribution in [1.82, 2.24) is 5.32 Å². The van der Waals surface area contributed by atoms with Gasteiger partial charge in [-0.05, 0) is 43.0 Å². The number of furan rings is 1. The van der Waals surface area contributed by atoms with E-state index >= 15 is 0 Å². The van der Waals surface area contributed by atoms with Gasteiger partial charge in [-0.15, -0.1) is 0 Å². The van der Waals surface area contributed by atoms with Gasteiger partial charge < -0.3 is 24.3 Å². The Morgan fingerprint density at radius 3 is 2.62 bits per heavy atom. The van der Waals surface area contributed by atoms with Gasteiger partial charge in [0.05, 0.1) is 31.2 Å². The summed E-state index contributed by atoms with van der Waals surface area (Å²) in [6, 6.07) is 9.38. The van der Waals surface area contributed by atoms with Crippen molar-refractivity contribution in [1.29, 1.82) is 0 Å². The number of rotatable bonds is 7. The third-order valence-corrected chi connectivity index (χ3v) is 5.05. The molecule has 0 radical (unpaired) electrons. The number of ether oxygens (including phenoxy) is 2. The Hall–Kier alpha value is -2.31. The second kappa shape index (κ2) is 8.38. The molecule has 0 saturated carbocycles. The zero-order valence-corrected chi connectivity index (χ0v) is 14.9. The molecular weight excluding hydrogens is 334 g/mol. The number of nitrogens with one attached hydrogen (secondary N) is 1. The van der Waals surface area contributed by atoms with Crippen LogP contribution in [0.25, 0.3) is 0 Å². The fraction of sp³-hybridized carbons (Fsp3) is 0.450. The fourth-order valence-corrected chi connectivity index (χ4v) is 3.40. The van der Waals surface area contributed by atoms with Gasteiger partial charge in [0, 0.05) is 25.3 Å². The van der Waals surface area contributed by atoms with Crippen LogP contribution in [0, 0.1) is 0 Å². The first-order chi connectivity index (χ1) is 12.7. The van der Waals surface area contributed by atoms with Gasteiger partial charge in [0.15, 0.2) is 0 Å². The maximum Gasteiger partial charge on any atom is 0.230 e. The Kier molecular flexibility index (Phi) is 5.96. The van der Waals surface area contributed by atoms with Crippen molar-refractivity contribution in [3.8, 4) is 5.75 Å². The molecule has 1 fully saturated rings. The van der Waals surface area contributed by atoms with E-state index in [9.17, 15) is 9.90 Å². The Bertz CT molecular complexity index is 690. The lowest BCUT2D eigenvalue weighted by atomic mass is 9.73. The normalized spacial score (nSPS) is 17.5. The lowest BCUT2D eigenvalue weighted by molar-refractivity contribution is -0.130. The van der Waals surface area contributed by atoms with E-state index in [1.807, 2.05) is 24.3 Å². The van der Waals surface area contributed by atoms with Crippen molar-refractivity contribution in [2.24, 2.45) is 0 Å². The molecule has 2 aromatic rings. The molecule has 1 aliphatic rings. The molecule has 1 unspecified atom stereocenters. The average Bonchev–Trinajstić information content (AvgIpc) is 3.23. The van der Waals surface area contributed by atoms with E-state index in [0.29, 0.717) is 39.0 Å². The quantitative estimate of drug-likeness (QED) is 0.794. The molecule has 1 aliphatic heterocycles. The van der Waals surface area contributed by atoms with Crippen LogP contribution in [0.4, 0.5) is 0 Å². The molecule has 1 aromatic heterocycles. The summed E-state index contributed by atoms with van der Waals surface area (Å²) in [5.74, 6) is 0.741. The minimum Gasteiger partial charge on any atom is -0.497 e. The molecule has 6 heteroatoms. The molecule has 1 atom stereocenters. The number of carbonyl (C=O) groups is 1. The van der Waals surface area contributed by atoms with Crippen LogP contribution in [0.2, 0.25) is 0 Å². The fourth-order valence-electron chi connectivity index (χ4n) is 3.40. The second-order valence-electron chi connectivity index (χ2n) is 6.54. The zero-order chi connectivity index (χ0) is 18.4. The lowest BCUT2D eigenvalue weighted by Gasteiger charge is -2.36. The number of methoxy groups -OCH3 is 1. The Morgan fingerprint density at radius 1 is 1.27 bits per heavy atom. The molecule has 26 heavy (non-hydrogen) atoms. The Morgan fingerprint density at radius 2 is 2.00 bits per heavy atom. The topological polar surface area (TPSA) is 80.9 Å². The van der Waals surface area contributed by atoms with Gasteiger partial charge in [-0.2, -0.15) is 0 Å². The van der Waals surface area contributed by atoms with Gasteiger partial charge in [0.25, 0.3) is 0 Å². The smallest absolute Gasteiger partial charge is 0.230 e. The van der Waals surface area contributed by atoms with Crippen molar-refractivity contribution < 1.29 is 23.8 Å². The summed E-state index contributed by atoms with van der Waals surface area (Å²) in [5.41, 5.74) is 1.08. The predicted octanol–water partition coefficient (Wildman–Crippen LogP) is 2.58. The molecule has 2 heterocycles. The highest BCUT2D eigenvalue weighted by molar-refractivity contribution is 5.88. The summed E-state index contributed by atoms with van der Waals surface area (Å²) in [6.45, 7) is 1.50. The van der Waals surface area contributed by atoms with E-state index in [-0.39, 0.29) is 5.91 Å². The zero-order valence-electron chi connectivity index (χ0n) is 14.9. The molecule has 0 aliphatic carbocycles. The van der Waals surface area contributed by atoms with Crippen LogP contribution >= 0.6 is 0 Å². The van der Waals surface area contributed by atoms with Crippen molar-refractivity contribution >= 4 is 5.91 Å². The number of benzene rings is 1. The standard InChI is InChI=1S/C20H25NO5/c1-24-17-4-2-16(3-5-17)20(8-12-25-13-9-20)19(23)21-10-6-18(22)15-7-11-26-14-15/h2-5,7,11,14,18,22H,6,8-10,12-13H2,1H3,(H,21,23). The van der Waals surface area contributed by atoms with Gasteiger partial charge in [-0.1, -0.05) is 12.1 Å². The van der Waals surface area contributed by atoms with E-state index in [4.69, 9.17) is 13.9 Å². The first-order valence-electron chi connectivity index (χ1n) is 8.86. The largest absolute Gasteiger partial charge is 0.497 e. The van der Waals surface area contributed by atoms with Crippen molar-refractivity contribution in [2.45, 2.75) is 30.8 Å². The summed E-state index contributed by atoms with van der Waals surface area (Å²) in [4.78, 5) is 13.0. The molecule has 6 nitrogen and oxygen atoms in total. The van der Waals surface area contributed by atoms with Crippen LogP contribution in [0.15, 0.2) is 47.3 Å². The number of hydrogen-bond acceptors (Lipinski definition) is 5. The number of carbonyl (C=O) groups excluding carboxylic acids is 1. The molecule has 2 N–H and O–H groups in total. The summed E-state index contributed by atoms with van der Waals surface area (Å²) < 4.78 is 15.7. The highest BCUT2D eigenvalue weighted by atomic mass is 16.5. The van der Waals surface area contributed by atoms with Gasteiger partial charge >= 0.3 is 0 Å². The summed E-state index contributed by atoms with van der Waals surface area (Å²) in [6.07, 6.45) is 4.09. The SMILES string of the molecule is COc1ccc(C2(C(=O)NCCC(O)c3ccoc3)CCOCC2)cc1. The van der Waals surface area contributed by atoms with E-state index in [1.54, 1.807) is 13.2 Å². The van der Waals surface area contributed by atoms with E-state index < -0.39 is 11.5 Å². The summed E-state index contributed by atoms with van der Waals surface area (Å²) in [7, 11) is 1.62. The van der Waals surface area contributed by atoms with Crippen molar-refractivity contribution in [3.63, 3.8) is 0 Å². The van der Waals surface area contributed by atoms with Gasteiger partial charge in [-0.3, -0.25) is 4.79 Å². The number of aliphatic hydroxyl groups excluding tert-OH is 1. The Labute approximate surface area is 153 Å². The third-order valence-electron chi connectivity index (χ3n) is 5.05. The molecular formula is C20H25NO5. The van der Waals surface area contributed by atoms with Crippen molar-refractivity contribution in [2.75, 3.05) is 26.9 Å². The van der Waals surface area contributed by atoms with E-state index in [2.05, 4.69) is 5.32 Å². The number of amides is 1. The minimum atomic E-state index is -0.652. The average molecular weight is 359 g/mol. The van der Waals surface area contributed by atoms with Crippen LogP contribution in [0.1, 0.15) is 36.5 Å². The first kappa shape index (κ1) is 18.5. The molecule has 1 amide bonds. The first-order valence-corrected chi connectivity index (χ1v) is 8.86. The molecule has 140 valence electrons. The number of aliphatic hydroxyl groups is 1. The third kappa shape index (κ3) is 3.92. The highest BCUT2D eigenvalue weighted by Crippen LogP contribution is 2.36. The van der Waals surface area contributed by atoms with Crippen LogP contribution in [-0.4, -0.2) is 37.9 Å². The molecule has 1 aromatic carbocycles.